The number of halogens is 2. The summed E-state index contributed by atoms with van der Waals surface area (Å²) >= 11 is 0.497. The van der Waals surface area contributed by atoms with Gasteiger partial charge in [0.05, 0.1) is 0 Å². The summed E-state index contributed by atoms with van der Waals surface area (Å²) in [7, 11) is 0. The molecule has 0 bridgehead atoms. The molecule has 5 nitrogen and oxygen atoms in total. The molecule has 3 rings (SSSR count). The van der Waals surface area contributed by atoms with Crippen LogP contribution in [0.15, 0.2) is 59.5 Å². The third kappa shape index (κ3) is 7.64. The molecule has 29 heavy (non-hydrogen) atoms. The number of carbonyl (C=O) groups excluding carboxylic acids is 1. The largest absolute Gasteiger partial charge is 0.488 e. The van der Waals surface area contributed by atoms with Crippen molar-refractivity contribution in [1.82, 2.24) is 0 Å². The number of para-hydroxylation sites is 1. The number of quaternary nitrogens is 2. The minimum atomic E-state index is -2.44. The molecule has 0 aromatic heterocycles. The number of thioether (sulfide) groups is 1. The predicted octanol–water partition coefficient (Wildman–Crippen LogP) is 0.802. The lowest BCUT2D eigenvalue weighted by atomic mass is 10.3. The Kier molecular flexibility index (Phi) is 8.27. The molecule has 3 N–H and O–H groups in total. The Morgan fingerprint density at radius 3 is 2.31 bits per heavy atom. The summed E-state index contributed by atoms with van der Waals surface area (Å²) in [5.41, 5.74) is 0.635. The maximum atomic E-state index is 12.3. The molecule has 8 heteroatoms. The Morgan fingerprint density at radius 1 is 1.00 bits per heavy atom. The highest BCUT2D eigenvalue weighted by atomic mass is 32.2. The lowest BCUT2D eigenvalue weighted by Crippen LogP contribution is -3.28. The van der Waals surface area contributed by atoms with Gasteiger partial charge in [-0.2, -0.15) is 8.78 Å². The number of benzene rings is 2. The maximum absolute atomic E-state index is 12.3. The number of hydrogen-bond acceptors (Lipinski definition) is 3. The first-order chi connectivity index (χ1) is 14.1. The van der Waals surface area contributed by atoms with Gasteiger partial charge in [-0.15, -0.1) is 0 Å². The number of anilines is 1. The average Bonchev–Trinajstić information content (AvgIpc) is 2.71. The van der Waals surface area contributed by atoms with E-state index in [0.29, 0.717) is 35.5 Å². The number of rotatable bonds is 9. The van der Waals surface area contributed by atoms with Gasteiger partial charge in [-0.3, -0.25) is 4.79 Å². The van der Waals surface area contributed by atoms with E-state index >= 15 is 0 Å². The van der Waals surface area contributed by atoms with Gasteiger partial charge in [0.25, 0.3) is 11.7 Å². The number of alkyl halides is 2. The quantitative estimate of drug-likeness (QED) is 0.523. The van der Waals surface area contributed by atoms with Crippen LogP contribution < -0.4 is 19.9 Å². The van der Waals surface area contributed by atoms with Crippen molar-refractivity contribution in [3.63, 3.8) is 0 Å². The molecule has 0 radical (unpaired) electrons. The zero-order valence-corrected chi connectivity index (χ0v) is 17.0. The number of ether oxygens (including phenoxy) is 1. The molecule has 2 aromatic carbocycles. The van der Waals surface area contributed by atoms with E-state index in [4.69, 9.17) is 4.74 Å². The normalized spacial score (nSPS) is 19.1. The van der Waals surface area contributed by atoms with Crippen molar-refractivity contribution in [2.75, 3.05) is 51.2 Å². The van der Waals surface area contributed by atoms with Crippen LogP contribution >= 0.6 is 11.8 Å². The second kappa shape index (κ2) is 11.1. The molecule has 0 aliphatic carbocycles. The Hall–Kier alpha value is -2.16. The second-order valence-corrected chi connectivity index (χ2v) is 8.10. The molecule has 1 aliphatic heterocycles. The summed E-state index contributed by atoms with van der Waals surface area (Å²) in [5, 5.41) is 2.85. The zero-order valence-electron chi connectivity index (χ0n) is 16.2. The third-order valence-corrected chi connectivity index (χ3v) is 5.63. The first kappa shape index (κ1) is 21.5. The first-order valence-corrected chi connectivity index (χ1v) is 10.7. The third-order valence-electron chi connectivity index (χ3n) is 4.91. The van der Waals surface area contributed by atoms with E-state index in [1.165, 1.54) is 9.80 Å². The van der Waals surface area contributed by atoms with Crippen LogP contribution in [0.1, 0.15) is 0 Å². The van der Waals surface area contributed by atoms with Gasteiger partial charge in [0.1, 0.15) is 45.1 Å². The molecule has 1 fully saturated rings. The van der Waals surface area contributed by atoms with Crippen LogP contribution in [0.2, 0.25) is 0 Å². The van der Waals surface area contributed by atoms with Crippen LogP contribution in [-0.4, -0.2) is 57.5 Å². The Labute approximate surface area is 174 Å². The van der Waals surface area contributed by atoms with E-state index in [-0.39, 0.29) is 5.91 Å². The van der Waals surface area contributed by atoms with Gasteiger partial charge in [0, 0.05) is 10.6 Å². The van der Waals surface area contributed by atoms with E-state index < -0.39 is 5.76 Å². The molecule has 1 saturated heterocycles. The highest BCUT2D eigenvalue weighted by Crippen LogP contribution is 2.26. The molecule has 2 aromatic rings. The molecule has 1 amide bonds. The van der Waals surface area contributed by atoms with E-state index in [1.807, 2.05) is 30.3 Å². The fourth-order valence-electron chi connectivity index (χ4n) is 3.37. The van der Waals surface area contributed by atoms with Crippen LogP contribution in [0.3, 0.4) is 0 Å². The van der Waals surface area contributed by atoms with Crippen molar-refractivity contribution in [2.45, 2.75) is 10.7 Å². The van der Waals surface area contributed by atoms with Crippen LogP contribution in [0.4, 0.5) is 14.5 Å². The molecule has 0 spiro atoms. The number of piperazine rings is 1. The summed E-state index contributed by atoms with van der Waals surface area (Å²) in [6, 6.07) is 16.3. The fraction of sp³-hybridized carbons (Fsp3) is 0.381. The summed E-state index contributed by atoms with van der Waals surface area (Å²) in [6.07, 6.45) is 0. The van der Waals surface area contributed by atoms with Gasteiger partial charge in [0.15, 0.2) is 6.54 Å². The Balaban J connectivity index is 1.33. The van der Waals surface area contributed by atoms with Crippen molar-refractivity contribution >= 4 is 23.4 Å². The van der Waals surface area contributed by atoms with Crippen molar-refractivity contribution in [2.24, 2.45) is 0 Å². The summed E-state index contributed by atoms with van der Waals surface area (Å²) < 4.78 is 30.5. The standard InChI is InChI=1S/C21H25F2N3O2S/c22-21(23)29-19-8-6-17(7-9-19)24-20(27)16-26-12-10-25(11-13-26)14-15-28-18-4-2-1-3-5-18/h1-9,21H,10-16H2,(H,24,27)/p+2. The smallest absolute Gasteiger partial charge is 0.288 e. The summed E-state index contributed by atoms with van der Waals surface area (Å²) in [4.78, 5) is 15.5. The zero-order chi connectivity index (χ0) is 20.5. The monoisotopic (exact) mass is 423 g/mol. The van der Waals surface area contributed by atoms with Gasteiger partial charge >= 0.3 is 0 Å². The minimum Gasteiger partial charge on any atom is -0.488 e. The lowest BCUT2D eigenvalue weighted by molar-refractivity contribution is -1.01. The number of nitrogens with one attached hydrogen (secondary N) is 3. The van der Waals surface area contributed by atoms with Gasteiger partial charge in [-0.05, 0) is 36.4 Å². The van der Waals surface area contributed by atoms with E-state index in [1.54, 1.807) is 24.3 Å². The van der Waals surface area contributed by atoms with Crippen LogP contribution in [0.25, 0.3) is 0 Å². The molecule has 156 valence electrons. The van der Waals surface area contributed by atoms with Gasteiger partial charge in [-0.25, -0.2) is 0 Å². The van der Waals surface area contributed by atoms with Crippen molar-refractivity contribution in [1.29, 1.82) is 0 Å². The SMILES string of the molecule is O=C(C[NH+]1CC[NH+](CCOc2ccccc2)CC1)Nc1ccc(SC(F)F)cc1. The second-order valence-electron chi connectivity index (χ2n) is 7.04. The van der Waals surface area contributed by atoms with Gasteiger partial charge < -0.3 is 19.9 Å². The van der Waals surface area contributed by atoms with Gasteiger partial charge in [-0.1, -0.05) is 30.0 Å². The highest BCUT2D eigenvalue weighted by molar-refractivity contribution is 7.99. The number of amides is 1. The first-order valence-electron chi connectivity index (χ1n) is 9.78. The van der Waals surface area contributed by atoms with E-state index in [2.05, 4.69) is 5.32 Å². The van der Waals surface area contributed by atoms with E-state index in [0.717, 1.165) is 38.5 Å². The molecule has 1 aliphatic rings. The maximum Gasteiger partial charge on any atom is 0.288 e. The molecule has 0 atom stereocenters. The lowest BCUT2D eigenvalue weighted by Gasteiger charge is -2.29. The van der Waals surface area contributed by atoms with Crippen LogP contribution in [0.5, 0.6) is 5.75 Å². The topological polar surface area (TPSA) is 47.2 Å². The molecular weight excluding hydrogens is 396 g/mol. The molecular formula is C21H27F2N3O2S+2. The highest BCUT2D eigenvalue weighted by Gasteiger charge is 2.24. The summed E-state index contributed by atoms with van der Waals surface area (Å²) in [6.45, 7) is 5.98. The molecule has 1 heterocycles. The number of carbonyl (C=O) groups is 1. The summed E-state index contributed by atoms with van der Waals surface area (Å²) in [5.74, 6) is -1.59. The van der Waals surface area contributed by atoms with Gasteiger partial charge in [0.2, 0.25) is 0 Å². The fourth-order valence-corrected chi connectivity index (χ4v) is 3.86. The van der Waals surface area contributed by atoms with Crippen molar-refractivity contribution < 1.29 is 28.1 Å². The Morgan fingerprint density at radius 2 is 1.66 bits per heavy atom. The molecule has 0 unspecified atom stereocenters. The number of hydrogen-bond donors (Lipinski definition) is 3. The average molecular weight is 424 g/mol. The van der Waals surface area contributed by atoms with Crippen LogP contribution in [-0.2, 0) is 4.79 Å². The van der Waals surface area contributed by atoms with E-state index in [9.17, 15) is 13.6 Å². The minimum absolute atomic E-state index is 0.0508. The molecule has 0 saturated carbocycles. The predicted molar refractivity (Wildman–Crippen MR) is 110 cm³/mol. The van der Waals surface area contributed by atoms with Crippen molar-refractivity contribution in [3.8, 4) is 5.75 Å². The van der Waals surface area contributed by atoms with Crippen LogP contribution in [0, 0.1) is 0 Å². The van der Waals surface area contributed by atoms with Crippen molar-refractivity contribution in [3.05, 3.63) is 54.6 Å². The Bertz CT molecular complexity index is 754.